The van der Waals surface area contributed by atoms with E-state index < -0.39 is 0 Å². The predicted molar refractivity (Wildman–Crippen MR) is 84.9 cm³/mol. The van der Waals surface area contributed by atoms with Crippen molar-refractivity contribution < 1.29 is 9.59 Å². The summed E-state index contributed by atoms with van der Waals surface area (Å²) in [5.74, 6) is -0.0750. The first-order valence-corrected chi connectivity index (χ1v) is 7.92. The zero-order valence-corrected chi connectivity index (χ0v) is 13.4. The number of carbonyl (C=O) groups is 2. The molecule has 3 N–H and O–H groups in total. The maximum absolute atomic E-state index is 12.0. The van der Waals surface area contributed by atoms with Gasteiger partial charge >= 0.3 is 0 Å². The van der Waals surface area contributed by atoms with Gasteiger partial charge in [0.05, 0.1) is 0 Å². The zero-order chi connectivity index (χ0) is 15.2. The number of likely N-dealkylation sites (tertiary alicyclic amines) is 1. The van der Waals surface area contributed by atoms with Crippen LogP contribution in [0, 0.1) is 0 Å². The molecule has 0 atom stereocenters. The first-order chi connectivity index (χ1) is 10.1. The SMILES string of the molecule is NC1CCN(C(=O)CCNC(=O)c2ccc(Br)cc2)CC1. The molecular formula is C15H20BrN3O2. The van der Waals surface area contributed by atoms with E-state index >= 15 is 0 Å². The molecular weight excluding hydrogens is 334 g/mol. The number of hydrogen-bond acceptors (Lipinski definition) is 3. The zero-order valence-electron chi connectivity index (χ0n) is 11.8. The summed E-state index contributed by atoms with van der Waals surface area (Å²) >= 11 is 3.32. The van der Waals surface area contributed by atoms with Crippen LogP contribution in [0.25, 0.3) is 0 Å². The molecule has 0 bridgehead atoms. The number of rotatable bonds is 4. The smallest absolute Gasteiger partial charge is 0.251 e. The van der Waals surface area contributed by atoms with Gasteiger partial charge in [0, 0.05) is 42.1 Å². The lowest BCUT2D eigenvalue weighted by Gasteiger charge is -2.30. The summed E-state index contributed by atoms with van der Waals surface area (Å²) < 4.78 is 0.928. The van der Waals surface area contributed by atoms with Gasteiger partial charge in [-0.2, -0.15) is 0 Å². The number of piperidine rings is 1. The summed E-state index contributed by atoms with van der Waals surface area (Å²) in [7, 11) is 0. The van der Waals surface area contributed by atoms with Crippen LogP contribution in [0.15, 0.2) is 28.7 Å². The number of halogens is 1. The standard InChI is InChI=1S/C15H20BrN3O2/c16-12-3-1-11(2-4-12)15(21)18-8-5-14(20)19-9-6-13(17)7-10-19/h1-4,13H,5-10,17H2,(H,18,21). The third-order valence-corrected chi connectivity index (χ3v) is 4.15. The molecule has 0 aromatic heterocycles. The van der Waals surface area contributed by atoms with Crippen LogP contribution in [0.5, 0.6) is 0 Å². The van der Waals surface area contributed by atoms with E-state index in [1.807, 2.05) is 17.0 Å². The van der Waals surface area contributed by atoms with Gasteiger partial charge in [0.15, 0.2) is 0 Å². The average Bonchev–Trinajstić information content (AvgIpc) is 2.48. The minimum absolute atomic E-state index is 0.0815. The highest BCUT2D eigenvalue weighted by Gasteiger charge is 2.20. The number of nitrogens with one attached hydrogen (secondary N) is 1. The quantitative estimate of drug-likeness (QED) is 0.861. The van der Waals surface area contributed by atoms with Crippen LogP contribution in [0.1, 0.15) is 29.6 Å². The van der Waals surface area contributed by atoms with Gasteiger partial charge in [0.25, 0.3) is 5.91 Å². The van der Waals surface area contributed by atoms with E-state index in [2.05, 4.69) is 21.2 Å². The molecule has 1 aliphatic heterocycles. The van der Waals surface area contributed by atoms with Gasteiger partial charge in [-0.3, -0.25) is 9.59 Å². The fourth-order valence-electron chi connectivity index (χ4n) is 2.29. The molecule has 2 rings (SSSR count). The normalized spacial score (nSPS) is 15.8. The Kier molecular flexibility index (Phi) is 5.76. The molecule has 1 aliphatic rings. The highest BCUT2D eigenvalue weighted by atomic mass is 79.9. The van der Waals surface area contributed by atoms with Crippen molar-refractivity contribution in [3.63, 3.8) is 0 Å². The van der Waals surface area contributed by atoms with Crippen molar-refractivity contribution in [2.45, 2.75) is 25.3 Å². The molecule has 114 valence electrons. The highest BCUT2D eigenvalue weighted by molar-refractivity contribution is 9.10. The molecule has 21 heavy (non-hydrogen) atoms. The molecule has 0 radical (unpaired) electrons. The molecule has 1 saturated heterocycles. The minimum Gasteiger partial charge on any atom is -0.352 e. The number of carbonyl (C=O) groups excluding carboxylic acids is 2. The predicted octanol–water partition coefficient (Wildman–Crippen LogP) is 1.52. The maximum atomic E-state index is 12.0. The van der Waals surface area contributed by atoms with Crippen LogP contribution in [0.2, 0.25) is 0 Å². The summed E-state index contributed by atoms with van der Waals surface area (Å²) in [6.07, 6.45) is 2.05. The molecule has 1 aromatic rings. The fraction of sp³-hybridized carbons (Fsp3) is 0.467. The minimum atomic E-state index is -0.157. The summed E-state index contributed by atoms with van der Waals surface area (Å²) in [6.45, 7) is 1.80. The second-order valence-electron chi connectivity index (χ2n) is 5.23. The lowest BCUT2D eigenvalue weighted by atomic mass is 10.1. The molecule has 0 spiro atoms. The molecule has 0 unspecified atom stereocenters. The van der Waals surface area contributed by atoms with Crippen molar-refractivity contribution in [3.8, 4) is 0 Å². The van der Waals surface area contributed by atoms with E-state index in [9.17, 15) is 9.59 Å². The maximum Gasteiger partial charge on any atom is 0.251 e. The molecule has 5 nitrogen and oxygen atoms in total. The van der Waals surface area contributed by atoms with E-state index in [-0.39, 0.29) is 17.9 Å². The second kappa shape index (κ2) is 7.56. The van der Waals surface area contributed by atoms with Crippen molar-refractivity contribution in [1.29, 1.82) is 0 Å². The van der Waals surface area contributed by atoms with E-state index in [1.54, 1.807) is 12.1 Å². The average molecular weight is 354 g/mol. The molecule has 2 amide bonds. The Bertz CT molecular complexity index is 496. The fourth-order valence-corrected chi connectivity index (χ4v) is 2.56. The van der Waals surface area contributed by atoms with Gasteiger partial charge in [-0.25, -0.2) is 0 Å². The molecule has 6 heteroatoms. The van der Waals surface area contributed by atoms with Crippen molar-refractivity contribution in [2.75, 3.05) is 19.6 Å². The topological polar surface area (TPSA) is 75.4 Å². The van der Waals surface area contributed by atoms with E-state index in [4.69, 9.17) is 5.73 Å². The van der Waals surface area contributed by atoms with E-state index in [0.717, 1.165) is 30.4 Å². The van der Waals surface area contributed by atoms with Crippen molar-refractivity contribution in [3.05, 3.63) is 34.3 Å². The Morgan fingerprint density at radius 1 is 1.24 bits per heavy atom. The van der Waals surface area contributed by atoms with E-state index in [0.29, 0.717) is 18.5 Å². The molecule has 0 saturated carbocycles. The molecule has 1 aromatic carbocycles. The monoisotopic (exact) mass is 353 g/mol. The van der Waals surface area contributed by atoms with Crippen LogP contribution in [0.4, 0.5) is 0 Å². The Labute approximate surface area is 133 Å². The van der Waals surface area contributed by atoms with Crippen LogP contribution >= 0.6 is 15.9 Å². The van der Waals surface area contributed by atoms with Gasteiger partial charge in [0.2, 0.25) is 5.91 Å². The first kappa shape index (κ1) is 16.0. The van der Waals surface area contributed by atoms with Crippen LogP contribution < -0.4 is 11.1 Å². The van der Waals surface area contributed by atoms with Gasteiger partial charge in [-0.1, -0.05) is 15.9 Å². The summed E-state index contributed by atoms with van der Waals surface area (Å²) in [6, 6.07) is 7.33. The molecule has 1 fully saturated rings. The second-order valence-corrected chi connectivity index (χ2v) is 6.15. The summed E-state index contributed by atoms with van der Waals surface area (Å²) in [5, 5.41) is 2.77. The number of nitrogens with zero attached hydrogens (tertiary/aromatic N) is 1. The van der Waals surface area contributed by atoms with Gasteiger partial charge in [-0.05, 0) is 37.1 Å². The largest absolute Gasteiger partial charge is 0.352 e. The van der Waals surface area contributed by atoms with Gasteiger partial charge < -0.3 is 16.0 Å². The van der Waals surface area contributed by atoms with Crippen molar-refractivity contribution in [2.24, 2.45) is 5.73 Å². The Balaban J connectivity index is 1.72. The number of amides is 2. The lowest BCUT2D eigenvalue weighted by Crippen LogP contribution is -2.43. The third-order valence-electron chi connectivity index (χ3n) is 3.62. The van der Waals surface area contributed by atoms with Gasteiger partial charge in [-0.15, -0.1) is 0 Å². The number of benzene rings is 1. The summed E-state index contributed by atoms with van der Waals surface area (Å²) in [4.78, 5) is 25.7. The van der Waals surface area contributed by atoms with Crippen molar-refractivity contribution in [1.82, 2.24) is 10.2 Å². The lowest BCUT2D eigenvalue weighted by molar-refractivity contribution is -0.132. The van der Waals surface area contributed by atoms with Crippen LogP contribution in [0.3, 0.4) is 0 Å². The number of nitrogens with two attached hydrogens (primary N) is 1. The van der Waals surface area contributed by atoms with Crippen molar-refractivity contribution >= 4 is 27.7 Å². The van der Waals surface area contributed by atoms with Crippen LogP contribution in [-0.2, 0) is 4.79 Å². The summed E-state index contributed by atoms with van der Waals surface area (Å²) in [5.41, 5.74) is 6.41. The van der Waals surface area contributed by atoms with Gasteiger partial charge in [0.1, 0.15) is 0 Å². The third kappa shape index (κ3) is 4.82. The van der Waals surface area contributed by atoms with E-state index in [1.165, 1.54) is 0 Å². The first-order valence-electron chi connectivity index (χ1n) is 7.13. The molecule has 1 heterocycles. The Morgan fingerprint density at radius 3 is 2.48 bits per heavy atom. The van der Waals surface area contributed by atoms with Crippen LogP contribution in [-0.4, -0.2) is 42.4 Å². The Morgan fingerprint density at radius 2 is 1.86 bits per heavy atom. The molecule has 0 aliphatic carbocycles. The Hall–Kier alpha value is -1.40. The highest BCUT2D eigenvalue weighted by Crippen LogP contribution is 2.11. The number of hydrogen-bond donors (Lipinski definition) is 2.